The van der Waals surface area contributed by atoms with E-state index in [0.29, 0.717) is 12.0 Å². The number of nitrogens with zero attached hydrogens (tertiary/aromatic N) is 7. The third kappa shape index (κ3) is 3.56. The third-order valence-electron chi connectivity index (χ3n) is 4.91. The minimum absolute atomic E-state index is 0.352. The van der Waals surface area contributed by atoms with Crippen molar-refractivity contribution in [3.8, 4) is 22.5 Å². The maximum atomic E-state index is 4.95. The molecule has 28 heavy (non-hydrogen) atoms. The molecule has 0 saturated carbocycles. The van der Waals surface area contributed by atoms with Gasteiger partial charge in [0.1, 0.15) is 0 Å². The second-order valence-electron chi connectivity index (χ2n) is 7.82. The zero-order valence-corrected chi connectivity index (χ0v) is 16.9. The van der Waals surface area contributed by atoms with Gasteiger partial charge in [-0.15, -0.1) is 0 Å². The van der Waals surface area contributed by atoms with E-state index in [1.165, 1.54) is 0 Å². The molecule has 0 spiro atoms. The van der Waals surface area contributed by atoms with Gasteiger partial charge in [-0.3, -0.25) is 9.36 Å². The van der Waals surface area contributed by atoms with Gasteiger partial charge >= 0.3 is 0 Å². The summed E-state index contributed by atoms with van der Waals surface area (Å²) in [7, 11) is 0. The number of rotatable bonds is 7. The van der Waals surface area contributed by atoms with E-state index in [2.05, 4.69) is 49.2 Å². The van der Waals surface area contributed by atoms with Crippen LogP contribution >= 0.6 is 0 Å². The Kier molecular flexibility index (Phi) is 4.98. The topological polar surface area (TPSA) is 65.8 Å². The molecular formula is C21H27N7. The molecule has 146 valence electrons. The van der Waals surface area contributed by atoms with Gasteiger partial charge in [-0.25, -0.2) is 9.50 Å². The second-order valence-corrected chi connectivity index (χ2v) is 7.82. The van der Waals surface area contributed by atoms with Gasteiger partial charge in [0.15, 0.2) is 0 Å². The fourth-order valence-corrected chi connectivity index (χ4v) is 3.62. The van der Waals surface area contributed by atoms with Crippen LogP contribution in [-0.2, 0) is 6.54 Å². The minimum Gasteiger partial charge on any atom is -0.272 e. The van der Waals surface area contributed by atoms with Gasteiger partial charge in [0, 0.05) is 36.1 Å². The Bertz CT molecular complexity index is 1070. The Morgan fingerprint density at radius 3 is 2.57 bits per heavy atom. The van der Waals surface area contributed by atoms with Gasteiger partial charge in [0.2, 0.25) is 0 Å². The molecule has 7 nitrogen and oxygen atoms in total. The molecule has 0 aliphatic heterocycles. The summed E-state index contributed by atoms with van der Waals surface area (Å²) in [6, 6.07) is 2.34. The van der Waals surface area contributed by atoms with Gasteiger partial charge < -0.3 is 0 Å². The summed E-state index contributed by atoms with van der Waals surface area (Å²) in [5.74, 6) is 0.630. The number of aryl methyl sites for hydroxylation is 1. The van der Waals surface area contributed by atoms with Gasteiger partial charge in [-0.2, -0.15) is 15.3 Å². The molecule has 4 heterocycles. The third-order valence-corrected chi connectivity index (χ3v) is 4.91. The molecule has 0 radical (unpaired) electrons. The van der Waals surface area contributed by atoms with Crippen LogP contribution in [-0.4, -0.2) is 34.2 Å². The lowest BCUT2D eigenvalue weighted by atomic mass is 10.1. The smallest absolute Gasteiger partial charge is 0.0999 e. The Morgan fingerprint density at radius 1 is 0.964 bits per heavy atom. The quantitative estimate of drug-likeness (QED) is 0.476. The highest BCUT2D eigenvalue weighted by atomic mass is 15.3. The van der Waals surface area contributed by atoms with Crippen LogP contribution < -0.4 is 0 Å². The van der Waals surface area contributed by atoms with Gasteiger partial charge in [-0.1, -0.05) is 20.8 Å². The summed E-state index contributed by atoms with van der Waals surface area (Å²) in [6.45, 7) is 9.72. The SMILES string of the molecule is CCCn1cc(-c2cn3nccc3c(-c3cnn([C@@H](C)CC(C)C)c3)n2)cn1. The first-order valence-corrected chi connectivity index (χ1v) is 9.97. The zero-order valence-electron chi connectivity index (χ0n) is 16.9. The molecule has 1 atom stereocenters. The fourth-order valence-electron chi connectivity index (χ4n) is 3.62. The summed E-state index contributed by atoms with van der Waals surface area (Å²) in [6.07, 6.45) is 13.8. The molecule has 0 aromatic carbocycles. The summed E-state index contributed by atoms with van der Waals surface area (Å²) < 4.78 is 5.87. The van der Waals surface area contributed by atoms with Crippen molar-refractivity contribution in [2.75, 3.05) is 0 Å². The van der Waals surface area contributed by atoms with Crippen molar-refractivity contribution in [1.82, 2.24) is 34.2 Å². The molecule has 0 unspecified atom stereocenters. The number of hydrogen-bond donors (Lipinski definition) is 0. The van der Waals surface area contributed by atoms with E-state index in [-0.39, 0.29) is 0 Å². The normalized spacial score (nSPS) is 12.9. The number of hydrogen-bond acceptors (Lipinski definition) is 4. The minimum atomic E-state index is 0.352. The lowest BCUT2D eigenvalue weighted by Gasteiger charge is -2.14. The summed E-state index contributed by atoms with van der Waals surface area (Å²) >= 11 is 0. The highest BCUT2D eigenvalue weighted by Crippen LogP contribution is 2.27. The van der Waals surface area contributed by atoms with Gasteiger partial charge in [0.05, 0.1) is 41.7 Å². The predicted octanol–water partition coefficient (Wildman–Crippen LogP) is 4.47. The molecule has 0 N–H and O–H groups in total. The van der Waals surface area contributed by atoms with Crippen molar-refractivity contribution >= 4 is 5.52 Å². The van der Waals surface area contributed by atoms with Crippen LogP contribution in [0.4, 0.5) is 0 Å². The maximum absolute atomic E-state index is 4.95. The summed E-state index contributed by atoms with van der Waals surface area (Å²) in [4.78, 5) is 4.95. The first-order chi connectivity index (χ1) is 13.5. The summed E-state index contributed by atoms with van der Waals surface area (Å²) in [5, 5.41) is 13.5. The largest absolute Gasteiger partial charge is 0.272 e. The maximum Gasteiger partial charge on any atom is 0.0999 e. The zero-order chi connectivity index (χ0) is 19.7. The Morgan fingerprint density at radius 2 is 1.79 bits per heavy atom. The van der Waals surface area contributed by atoms with Gasteiger partial charge in [0.25, 0.3) is 0 Å². The predicted molar refractivity (Wildman–Crippen MR) is 110 cm³/mol. The van der Waals surface area contributed by atoms with E-state index in [4.69, 9.17) is 4.98 Å². The van der Waals surface area contributed by atoms with Crippen LogP contribution in [0, 0.1) is 5.92 Å². The first-order valence-electron chi connectivity index (χ1n) is 9.97. The van der Waals surface area contributed by atoms with Gasteiger partial charge in [-0.05, 0) is 31.7 Å². The molecule has 7 heteroatoms. The van der Waals surface area contributed by atoms with E-state index in [1.807, 2.05) is 44.7 Å². The highest BCUT2D eigenvalue weighted by Gasteiger charge is 2.15. The standard InChI is InChI=1S/C21H27N7/c1-5-8-26-12-17(10-23-26)19-14-28-20(6-7-22-28)21(25-19)18-11-24-27(13-18)16(4)9-15(2)3/h6-7,10-16H,5,8-9H2,1-4H3/t16-/m0/s1. The molecule has 0 aliphatic carbocycles. The highest BCUT2D eigenvalue weighted by molar-refractivity contribution is 5.78. The van der Waals surface area contributed by atoms with Crippen molar-refractivity contribution < 1.29 is 0 Å². The Labute approximate surface area is 165 Å². The molecule has 4 aromatic heterocycles. The van der Waals surface area contributed by atoms with E-state index in [1.54, 1.807) is 6.20 Å². The monoisotopic (exact) mass is 377 g/mol. The van der Waals surface area contributed by atoms with Crippen LogP contribution in [0.5, 0.6) is 0 Å². The molecule has 4 rings (SSSR count). The average molecular weight is 377 g/mol. The van der Waals surface area contributed by atoms with Crippen molar-refractivity contribution in [3.63, 3.8) is 0 Å². The Balaban J connectivity index is 1.74. The molecule has 0 amide bonds. The summed E-state index contributed by atoms with van der Waals surface area (Å²) in [5.41, 5.74) is 4.72. The van der Waals surface area contributed by atoms with E-state index < -0.39 is 0 Å². The van der Waals surface area contributed by atoms with Crippen LogP contribution in [0.1, 0.15) is 46.6 Å². The first kappa shape index (κ1) is 18.4. The van der Waals surface area contributed by atoms with Crippen molar-refractivity contribution in [3.05, 3.63) is 43.2 Å². The molecule has 0 fully saturated rings. The van der Waals surface area contributed by atoms with Crippen LogP contribution in [0.2, 0.25) is 0 Å². The molecule has 0 aliphatic rings. The van der Waals surface area contributed by atoms with Crippen LogP contribution in [0.25, 0.3) is 28.0 Å². The fraction of sp³-hybridized carbons (Fsp3) is 0.429. The molecule has 0 bridgehead atoms. The van der Waals surface area contributed by atoms with E-state index in [9.17, 15) is 0 Å². The van der Waals surface area contributed by atoms with E-state index >= 15 is 0 Å². The van der Waals surface area contributed by atoms with Crippen molar-refractivity contribution in [2.45, 2.75) is 53.1 Å². The second kappa shape index (κ2) is 7.58. The molecule has 0 saturated heterocycles. The number of aromatic nitrogens is 7. The molecule has 4 aromatic rings. The average Bonchev–Trinajstić information content (AvgIpc) is 3.40. The number of fused-ring (bicyclic) bond motifs is 1. The van der Waals surface area contributed by atoms with Crippen LogP contribution in [0.3, 0.4) is 0 Å². The van der Waals surface area contributed by atoms with E-state index in [0.717, 1.165) is 47.4 Å². The lowest BCUT2D eigenvalue weighted by molar-refractivity contribution is 0.398. The van der Waals surface area contributed by atoms with Crippen LogP contribution in [0.15, 0.2) is 43.2 Å². The molecular weight excluding hydrogens is 350 g/mol. The van der Waals surface area contributed by atoms with Crippen molar-refractivity contribution in [1.29, 1.82) is 0 Å². The lowest BCUT2D eigenvalue weighted by Crippen LogP contribution is -2.08. The van der Waals surface area contributed by atoms with Crippen molar-refractivity contribution in [2.24, 2.45) is 5.92 Å². The Hall–Kier alpha value is -2.96.